The first kappa shape index (κ1) is 18.6. The molecule has 0 unspecified atom stereocenters. The smallest absolute Gasteiger partial charge is 0.303 e. The van der Waals surface area contributed by atoms with Gasteiger partial charge < -0.3 is 14.9 Å². The highest BCUT2D eigenvalue weighted by Crippen LogP contribution is 2.30. The van der Waals surface area contributed by atoms with Gasteiger partial charge in [0.1, 0.15) is 17.0 Å². The number of piperazine rings is 1. The standard InChI is InChI=1S/C18H24N4O3S/c1-2-13-11-14-17(19-12-20-18(14)26-13)22-9-7-21(8-10-22)15(23)5-3-4-6-16(24)25/h11-12H,2-10H2,1H3,(H,24,25). The van der Waals surface area contributed by atoms with E-state index in [1.165, 1.54) is 4.88 Å². The molecule has 0 spiro atoms. The Morgan fingerprint density at radius 2 is 1.88 bits per heavy atom. The summed E-state index contributed by atoms with van der Waals surface area (Å²) in [7, 11) is 0. The van der Waals surface area contributed by atoms with E-state index in [0.717, 1.165) is 35.5 Å². The minimum atomic E-state index is -0.804. The van der Waals surface area contributed by atoms with Crippen LogP contribution in [0.5, 0.6) is 0 Å². The van der Waals surface area contributed by atoms with E-state index in [9.17, 15) is 9.59 Å². The molecule has 1 fully saturated rings. The van der Waals surface area contributed by atoms with Gasteiger partial charge in [-0.25, -0.2) is 9.97 Å². The number of thiophene rings is 1. The molecule has 0 atom stereocenters. The molecule has 1 N–H and O–H groups in total. The van der Waals surface area contributed by atoms with Crippen LogP contribution in [0.2, 0.25) is 0 Å². The molecule has 1 aliphatic heterocycles. The van der Waals surface area contributed by atoms with Crippen LogP contribution in [0.25, 0.3) is 10.2 Å². The molecule has 7 nitrogen and oxygen atoms in total. The third-order valence-corrected chi connectivity index (χ3v) is 5.86. The first-order valence-electron chi connectivity index (χ1n) is 9.06. The van der Waals surface area contributed by atoms with E-state index in [0.29, 0.717) is 32.4 Å². The van der Waals surface area contributed by atoms with Gasteiger partial charge in [0.15, 0.2) is 0 Å². The second kappa shape index (κ2) is 8.44. The van der Waals surface area contributed by atoms with Crippen molar-refractivity contribution in [2.75, 3.05) is 31.1 Å². The SMILES string of the molecule is CCc1cc2c(N3CCN(C(=O)CCCCC(=O)O)CC3)ncnc2s1. The number of amides is 1. The Labute approximate surface area is 156 Å². The van der Waals surface area contributed by atoms with Gasteiger partial charge in [0.05, 0.1) is 5.39 Å². The summed E-state index contributed by atoms with van der Waals surface area (Å²) < 4.78 is 0. The molecule has 8 heteroatoms. The molecule has 26 heavy (non-hydrogen) atoms. The van der Waals surface area contributed by atoms with Gasteiger partial charge in [0.25, 0.3) is 0 Å². The molecule has 0 radical (unpaired) electrons. The zero-order valence-corrected chi connectivity index (χ0v) is 15.8. The molecule has 3 rings (SSSR count). The number of carboxylic acid groups (broad SMARTS) is 1. The Morgan fingerprint density at radius 3 is 2.58 bits per heavy atom. The summed E-state index contributed by atoms with van der Waals surface area (Å²) in [5.41, 5.74) is 0. The van der Waals surface area contributed by atoms with E-state index in [-0.39, 0.29) is 12.3 Å². The first-order valence-corrected chi connectivity index (χ1v) is 9.88. The largest absolute Gasteiger partial charge is 0.481 e. The second-order valence-corrected chi connectivity index (χ2v) is 7.57. The van der Waals surface area contributed by atoms with Crippen molar-refractivity contribution in [1.29, 1.82) is 0 Å². The summed E-state index contributed by atoms with van der Waals surface area (Å²) in [6.45, 7) is 5.00. The van der Waals surface area contributed by atoms with Crippen LogP contribution in [-0.2, 0) is 16.0 Å². The van der Waals surface area contributed by atoms with Crippen molar-refractivity contribution in [3.63, 3.8) is 0 Å². The molecule has 1 amide bonds. The maximum Gasteiger partial charge on any atom is 0.303 e. The number of carboxylic acids is 1. The van der Waals surface area contributed by atoms with Crippen LogP contribution in [0, 0.1) is 0 Å². The molecule has 3 heterocycles. The average molecular weight is 376 g/mol. The quantitative estimate of drug-likeness (QED) is 0.748. The minimum Gasteiger partial charge on any atom is -0.481 e. The number of aromatic nitrogens is 2. The lowest BCUT2D eigenvalue weighted by Crippen LogP contribution is -2.49. The molecule has 2 aromatic heterocycles. The number of aliphatic carboxylic acids is 1. The van der Waals surface area contributed by atoms with Crippen LogP contribution in [-0.4, -0.2) is 58.0 Å². The van der Waals surface area contributed by atoms with Gasteiger partial charge in [0, 0.05) is 43.9 Å². The number of hydrogen-bond donors (Lipinski definition) is 1. The summed E-state index contributed by atoms with van der Waals surface area (Å²) in [4.78, 5) is 38.1. The monoisotopic (exact) mass is 376 g/mol. The number of unbranched alkanes of at least 4 members (excludes halogenated alkanes) is 1. The van der Waals surface area contributed by atoms with Crippen LogP contribution in [0.15, 0.2) is 12.4 Å². The van der Waals surface area contributed by atoms with Gasteiger partial charge in [-0.2, -0.15) is 0 Å². The molecule has 0 aromatic carbocycles. The predicted molar refractivity (Wildman–Crippen MR) is 102 cm³/mol. The maximum absolute atomic E-state index is 12.3. The number of anilines is 1. The topological polar surface area (TPSA) is 86.6 Å². The fraction of sp³-hybridized carbons (Fsp3) is 0.556. The fourth-order valence-electron chi connectivity index (χ4n) is 3.20. The lowest BCUT2D eigenvalue weighted by molar-refractivity contribution is -0.137. The Kier molecular flexibility index (Phi) is 6.03. The highest BCUT2D eigenvalue weighted by Gasteiger charge is 2.23. The molecule has 1 saturated heterocycles. The van der Waals surface area contributed by atoms with E-state index < -0.39 is 5.97 Å². The Balaban J connectivity index is 1.56. The van der Waals surface area contributed by atoms with Crippen LogP contribution < -0.4 is 4.90 Å². The number of rotatable bonds is 7. The molecule has 140 valence electrons. The third-order valence-electron chi connectivity index (χ3n) is 4.67. The third kappa shape index (κ3) is 4.30. The van der Waals surface area contributed by atoms with Gasteiger partial charge in [-0.3, -0.25) is 9.59 Å². The Morgan fingerprint density at radius 1 is 1.15 bits per heavy atom. The highest BCUT2D eigenvalue weighted by atomic mass is 32.1. The van der Waals surface area contributed by atoms with Crippen molar-refractivity contribution in [2.24, 2.45) is 0 Å². The minimum absolute atomic E-state index is 0.117. The summed E-state index contributed by atoms with van der Waals surface area (Å²) in [5.74, 6) is 0.271. The molecule has 0 bridgehead atoms. The average Bonchev–Trinajstić information content (AvgIpc) is 3.08. The molecule has 0 aliphatic carbocycles. The van der Waals surface area contributed by atoms with E-state index in [4.69, 9.17) is 5.11 Å². The zero-order valence-electron chi connectivity index (χ0n) is 15.0. The molecular weight excluding hydrogens is 352 g/mol. The lowest BCUT2D eigenvalue weighted by Gasteiger charge is -2.35. The van der Waals surface area contributed by atoms with E-state index in [2.05, 4.69) is 27.9 Å². The second-order valence-electron chi connectivity index (χ2n) is 6.45. The van der Waals surface area contributed by atoms with Crippen LogP contribution in [0.4, 0.5) is 5.82 Å². The van der Waals surface area contributed by atoms with E-state index in [1.807, 2.05) is 4.90 Å². The van der Waals surface area contributed by atoms with Crippen molar-refractivity contribution in [3.8, 4) is 0 Å². The van der Waals surface area contributed by atoms with Gasteiger partial charge in [-0.05, 0) is 25.3 Å². The number of carbonyl (C=O) groups is 2. The molecule has 1 aliphatic rings. The van der Waals surface area contributed by atoms with Crippen molar-refractivity contribution in [2.45, 2.75) is 39.0 Å². The number of hydrogen-bond acceptors (Lipinski definition) is 6. The number of carbonyl (C=O) groups excluding carboxylic acids is 1. The van der Waals surface area contributed by atoms with Gasteiger partial charge in [-0.1, -0.05) is 6.92 Å². The Hall–Kier alpha value is -2.22. The maximum atomic E-state index is 12.3. The van der Waals surface area contributed by atoms with E-state index >= 15 is 0 Å². The van der Waals surface area contributed by atoms with Gasteiger partial charge >= 0.3 is 5.97 Å². The fourth-order valence-corrected chi connectivity index (χ4v) is 4.13. The number of aryl methyl sites for hydroxylation is 1. The van der Waals surface area contributed by atoms with Crippen molar-refractivity contribution in [1.82, 2.24) is 14.9 Å². The normalized spacial score (nSPS) is 14.8. The molecule has 2 aromatic rings. The number of fused-ring (bicyclic) bond motifs is 1. The van der Waals surface area contributed by atoms with Crippen molar-refractivity contribution < 1.29 is 14.7 Å². The van der Waals surface area contributed by atoms with E-state index in [1.54, 1.807) is 17.7 Å². The van der Waals surface area contributed by atoms with Crippen molar-refractivity contribution >= 4 is 39.2 Å². The highest BCUT2D eigenvalue weighted by molar-refractivity contribution is 7.18. The summed E-state index contributed by atoms with van der Waals surface area (Å²) >= 11 is 1.71. The summed E-state index contributed by atoms with van der Waals surface area (Å²) in [5, 5.41) is 9.75. The number of nitrogens with zero attached hydrogens (tertiary/aromatic N) is 4. The van der Waals surface area contributed by atoms with Gasteiger partial charge in [0.2, 0.25) is 5.91 Å². The van der Waals surface area contributed by atoms with Crippen LogP contribution in [0.1, 0.15) is 37.5 Å². The molecule has 0 saturated carbocycles. The lowest BCUT2D eigenvalue weighted by atomic mass is 10.1. The van der Waals surface area contributed by atoms with Gasteiger partial charge in [-0.15, -0.1) is 11.3 Å². The predicted octanol–water partition coefficient (Wildman–Crippen LogP) is 2.55. The van der Waals surface area contributed by atoms with Crippen molar-refractivity contribution in [3.05, 3.63) is 17.3 Å². The summed E-state index contributed by atoms with van der Waals surface area (Å²) in [6, 6.07) is 2.18. The summed E-state index contributed by atoms with van der Waals surface area (Å²) in [6.07, 6.45) is 4.35. The van der Waals surface area contributed by atoms with Crippen LogP contribution >= 0.6 is 11.3 Å². The van der Waals surface area contributed by atoms with Crippen LogP contribution in [0.3, 0.4) is 0 Å². The Bertz CT molecular complexity index is 784. The molecular formula is C18H24N4O3S. The zero-order chi connectivity index (χ0) is 18.5. The first-order chi connectivity index (χ1) is 12.6.